The molecule has 0 aliphatic rings. The van der Waals surface area contributed by atoms with Gasteiger partial charge in [-0.05, 0) is 29.8 Å². The van der Waals surface area contributed by atoms with E-state index in [0.717, 1.165) is 15.5 Å². The zero-order chi connectivity index (χ0) is 16.2. The van der Waals surface area contributed by atoms with Crippen LogP contribution in [0.2, 0.25) is 5.02 Å². The average Bonchev–Trinajstić information content (AvgIpc) is 2.86. The smallest absolute Gasteiger partial charge is 0.123 e. The molecule has 1 heterocycles. The molecule has 2 aromatic carbocycles. The molecule has 0 atom stereocenters. The number of hydrogen-bond donors (Lipinski definition) is 1. The van der Waals surface area contributed by atoms with Crippen LogP contribution >= 0.6 is 23.4 Å². The van der Waals surface area contributed by atoms with Crippen molar-refractivity contribution in [2.45, 2.75) is 16.5 Å². The van der Waals surface area contributed by atoms with Crippen LogP contribution in [-0.2, 0) is 6.54 Å². The maximum absolute atomic E-state index is 9.40. The van der Waals surface area contributed by atoms with E-state index in [4.69, 9.17) is 17.3 Å². The van der Waals surface area contributed by atoms with Crippen LogP contribution in [0.3, 0.4) is 0 Å². The highest BCUT2D eigenvalue weighted by atomic mass is 35.5. The summed E-state index contributed by atoms with van der Waals surface area (Å²) < 4.78 is 1.91. The van der Waals surface area contributed by atoms with Crippen molar-refractivity contribution in [3.63, 3.8) is 0 Å². The minimum Gasteiger partial charge on any atom is -0.397 e. The van der Waals surface area contributed by atoms with Crippen molar-refractivity contribution in [3.8, 4) is 6.07 Å². The molecule has 3 rings (SSSR count). The maximum Gasteiger partial charge on any atom is 0.123 e. The molecule has 0 fully saturated rings. The minimum atomic E-state index is 0.509. The number of rotatable bonds is 4. The number of nitrogens with zero attached hydrogens (tertiary/aromatic N) is 2. The fraction of sp³-hybridized carbons (Fsp3) is 0.0556. The third-order valence-corrected chi connectivity index (χ3v) is 4.96. The summed E-state index contributed by atoms with van der Waals surface area (Å²) in [5.41, 5.74) is 8.21. The van der Waals surface area contributed by atoms with Crippen LogP contribution in [0.4, 0.5) is 5.69 Å². The molecule has 1 aromatic heterocycles. The van der Waals surface area contributed by atoms with Gasteiger partial charge < -0.3 is 10.3 Å². The zero-order valence-corrected chi connectivity index (χ0v) is 13.8. The van der Waals surface area contributed by atoms with Crippen LogP contribution in [-0.4, -0.2) is 4.57 Å². The molecule has 3 aromatic rings. The lowest BCUT2D eigenvalue weighted by Gasteiger charge is -2.12. The van der Waals surface area contributed by atoms with Crippen LogP contribution < -0.4 is 5.73 Å². The molecular formula is C18H14ClN3S. The first kappa shape index (κ1) is 15.5. The summed E-state index contributed by atoms with van der Waals surface area (Å²) in [5.74, 6) is 0. The predicted octanol–water partition coefficient (Wildman–Crippen LogP) is 4.79. The highest BCUT2D eigenvalue weighted by molar-refractivity contribution is 7.99. The second kappa shape index (κ2) is 6.82. The molecule has 0 aliphatic heterocycles. The Hall–Kier alpha value is -2.35. The molecule has 0 radical (unpaired) electrons. The lowest BCUT2D eigenvalue weighted by molar-refractivity contribution is 0.726. The van der Waals surface area contributed by atoms with E-state index >= 15 is 0 Å². The second-order valence-corrected chi connectivity index (χ2v) is 6.46. The van der Waals surface area contributed by atoms with Crippen LogP contribution in [0, 0.1) is 11.3 Å². The number of nitrogens with two attached hydrogens (primary N) is 1. The molecule has 114 valence electrons. The van der Waals surface area contributed by atoms with Crippen molar-refractivity contribution in [1.29, 1.82) is 5.26 Å². The summed E-state index contributed by atoms with van der Waals surface area (Å²) in [4.78, 5) is 1.07. The largest absolute Gasteiger partial charge is 0.397 e. The van der Waals surface area contributed by atoms with Crippen molar-refractivity contribution in [1.82, 2.24) is 4.57 Å². The van der Waals surface area contributed by atoms with E-state index in [-0.39, 0.29) is 0 Å². The Kier molecular flexibility index (Phi) is 4.61. The molecule has 2 N–H and O–H groups in total. The second-order valence-electron chi connectivity index (χ2n) is 4.99. The molecule has 23 heavy (non-hydrogen) atoms. The Morgan fingerprint density at radius 2 is 1.78 bits per heavy atom. The molecule has 0 saturated carbocycles. The van der Waals surface area contributed by atoms with Gasteiger partial charge in [0.25, 0.3) is 0 Å². The summed E-state index contributed by atoms with van der Waals surface area (Å²) in [6, 6.07) is 21.5. The van der Waals surface area contributed by atoms with Gasteiger partial charge >= 0.3 is 0 Å². The SMILES string of the molecule is N#Cc1cc(N)c(Sc2ccccc2)n1Cc1ccccc1Cl. The molecule has 0 aliphatic carbocycles. The first-order valence-corrected chi connectivity index (χ1v) is 8.24. The third kappa shape index (κ3) is 3.37. The summed E-state index contributed by atoms with van der Waals surface area (Å²) >= 11 is 7.80. The number of aromatic nitrogens is 1. The van der Waals surface area contributed by atoms with Crippen molar-refractivity contribution < 1.29 is 0 Å². The zero-order valence-electron chi connectivity index (χ0n) is 12.2. The topological polar surface area (TPSA) is 54.7 Å². The third-order valence-electron chi connectivity index (χ3n) is 3.43. The monoisotopic (exact) mass is 339 g/mol. The van der Waals surface area contributed by atoms with E-state index in [1.807, 2.05) is 59.2 Å². The van der Waals surface area contributed by atoms with Gasteiger partial charge in [0, 0.05) is 9.92 Å². The lowest BCUT2D eigenvalue weighted by Crippen LogP contribution is -2.04. The predicted molar refractivity (Wildman–Crippen MR) is 94.7 cm³/mol. The fourth-order valence-corrected chi connectivity index (χ4v) is 3.47. The average molecular weight is 340 g/mol. The number of halogens is 1. The van der Waals surface area contributed by atoms with Gasteiger partial charge in [0.2, 0.25) is 0 Å². The van der Waals surface area contributed by atoms with Crippen LogP contribution in [0.5, 0.6) is 0 Å². The standard InChI is InChI=1S/C18H14ClN3S/c19-16-9-5-4-6-13(16)12-22-14(11-20)10-17(21)18(22)23-15-7-2-1-3-8-15/h1-10H,12,21H2. The van der Waals surface area contributed by atoms with Crippen LogP contribution in [0.1, 0.15) is 11.3 Å². The van der Waals surface area contributed by atoms with E-state index in [1.165, 1.54) is 0 Å². The van der Waals surface area contributed by atoms with Crippen molar-refractivity contribution >= 4 is 29.1 Å². The Balaban J connectivity index is 2.01. The molecule has 5 heteroatoms. The fourth-order valence-electron chi connectivity index (χ4n) is 2.31. The molecule has 0 amide bonds. The normalized spacial score (nSPS) is 10.4. The Labute approximate surface area is 144 Å². The number of benzene rings is 2. The van der Waals surface area contributed by atoms with E-state index in [9.17, 15) is 5.26 Å². The highest BCUT2D eigenvalue weighted by Gasteiger charge is 2.15. The van der Waals surface area contributed by atoms with Gasteiger partial charge in [0.05, 0.1) is 12.2 Å². The first-order chi connectivity index (χ1) is 11.2. The molecule has 0 unspecified atom stereocenters. The number of nitrogen functional groups attached to an aromatic ring is 1. The van der Waals surface area contributed by atoms with Gasteiger partial charge in [-0.25, -0.2) is 0 Å². The van der Waals surface area contributed by atoms with E-state index in [0.29, 0.717) is 22.9 Å². The Bertz CT molecular complexity index is 866. The summed E-state index contributed by atoms with van der Waals surface area (Å²) in [6.45, 7) is 0.509. The molecule has 0 saturated heterocycles. The number of nitriles is 1. The lowest BCUT2D eigenvalue weighted by atomic mass is 10.2. The van der Waals surface area contributed by atoms with Gasteiger partial charge in [0.15, 0.2) is 0 Å². The van der Waals surface area contributed by atoms with Gasteiger partial charge in [-0.2, -0.15) is 5.26 Å². The van der Waals surface area contributed by atoms with Gasteiger partial charge in [-0.3, -0.25) is 0 Å². The molecular weight excluding hydrogens is 326 g/mol. The number of hydrogen-bond acceptors (Lipinski definition) is 3. The summed E-state index contributed by atoms with van der Waals surface area (Å²) in [5, 5.41) is 10.9. The number of anilines is 1. The van der Waals surface area contributed by atoms with Crippen molar-refractivity contribution in [2.24, 2.45) is 0 Å². The summed E-state index contributed by atoms with van der Waals surface area (Å²) in [7, 11) is 0. The van der Waals surface area contributed by atoms with Gasteiger partial charge in [-0.15, -0.1) is 0 Å². The Morgan fingerprint density at radius 3 is 2.48 bits per heavy atom. The van der Waals surface area contributed by atoms with Gasteiger partial charge in [0.1, 0.15) is 16.8 Å². The van der Waals surface area contributed by atoms with E-state index < -0.39 is 0 Å². The molecule has 3 nitrogen and oxygen atoms in total. The minimum absolute atomic E-state index is 0.509. The van der Waals surface area contributed by atoms with Crippen LogP contribution in [0.25, 0.3) is 0 Å². The summed E-state index contributed by atoms with van der Waals surface area (Å²) in [6.07, 6.45) is 0. The van der Waals surface area contributed by atoms with E-state index in [2.05, 4.69) is 6.07 Å². The molecule has 0 bridgehead atoms. The van der Waals surface area contributed by atoms with Crippen molar-refractivity contribution in [3.05, 3.63) is 76.9 Å². The van der Waals surface area contributed by atoms with Crippen molar-refractivity contribution in [2.75, 3.05) is 5.73 Å². The highest BCUT2D eigenvalue weighted by Crippen LogP contribution is 2.35. The quantitative estimate of drug-likeness (QED) is 0.743. The maximum atomic E-state index is 9.40. The first-order valence-electron chi connectivity index (χ1n) is 7.04. The van der Waals surface area contributed by atoms with Crippen LogP contribution in [0.15, 0.2) is 70.6 Å². The molecule has 0 spiro atoms. The van der Waals surface area contributed by atoms with Gasteiger partial charge in [-0.1, -0.05) is 59.8 Å². The Morgan fingerprint density at radius 1 is 1.09 bits per heavy atom. The van der Waals surface area contributed by atoms with E-state index in [1.54, 1.807) is 17.8 Å².